The van der Waals surface area contributed by atoms with Crippen molar-refractivity contribution in [3.63, 3.8) is 0 Å². The zero-order valence-corrected chi connectivity index (χ0v) is 23.8. The van der Waals surface area contributed by atoms with E-state index in [0.717, 1.165) is 5.56 Å². The summed E-state index contributed by atoms with van der Waals surface area (Å²) >= 11 is 0. The largest absolute Gasteiger partial charge is 0.370 e. The van der Waals surface area contributed by atoms with E-state index < -0.39 is 41.3 Å². The Morgan fingerprint density at radius 1 is 0.732 bits per heavy atom. The standard InChI is InChI=1S/C28H47N9O4/c29-16-6-4-11-21(24(39)35-20(23(31)38)13-8-18-34-27(32)33)36-25(40)22(12-5-7-17-30)37-26(41)28(14-15-28)19-9-2-1-3-10-19/h1-3,9-10,20-22H,4-8,11-18,29-30H2,(H2,31,38)(H,35,39)(H,36,40)(H,37,41)(H4,32,33,34)/t20-,21-,22-/m0/s1. The second-order valence-corrected chi connectivity index (χ2v) is 10.5. The van der Waals surface area contributed by atoms with Crippen LogP contribution in [0, 0.1) is 0 Å². The maximum Gasteiger partial charge on any atom is 0.243 e. The van der Waals surface area contributed by atoms with Crippen molar-refractivity contribution in [2.45, 2.75) is 87.7 Å². The highest BCUT2D eigenvalue weighted by molar-refractivity contribution is 5.97. The normalized spacial score (nSPS) is 15.6. The lowest BCUT2D eigenvalue weighted by atomic mass is 9.94. The van der Waals surface area contributed by atoms with Crippen molar-refractivity contribution in [2.75, 3.05) is 19.6 Å². The van der Waals surface area contributed by atoms with Crippen molar-refractivity contribution in [3.05, 3.63) is 35.9 Å². The molecule has 0 unspecified atom stereocenters. The molecule has 13 nitrogen and oxygen atoms in total. The molecule has 0 heterocycles. The third-order valence-electron chi connectivity index (χ3n) is 7.26. The number of amides is 4. The zero-order valence-electron chi connectivity index (χ0n) is 23.8. The lowest BCUT2D eigenvalue weighted by Gasteiger charge is -2.26. The van der Waals surface area contributed by atoms with E-state index in [1.165, 1.54) is 0 Å². The quantitative estimate of drug-likeness (QED) is 0.0543. The summed E-state index contributed by atoms with van der Waals surface area (Å²) in [4.78, 5) is 56.1. The molecule has 0 aromatic heterocycles. The van der Waals surface area contributed by atoms with E-state index in [1.54, 1.807) is 0 Å². The van der Waals surface area contributed by atoms with Crippen molar-refractivity contribution in [1.82, 2.24) is 16.0 Å². The highest BCUT2D eigenvalue weighted by Crippen LogP contribution is 2.48. The Balaban J connectivity index is 2.13. The molecule has 3 atom stereocenters. The molecule has 41 heavy (non-hydrogen) atoms. The van der Waals surface area contributed by atoms with Crippen LogP contribution in [0.4, 0.5) is 0 Å². The molecule has 0 aliphatic heterocycles. The molecule has 0 radical (unpaired) electrons. The molecule has 1 aromatic carbocycles. The van der Waals surface area contributed by atoms with Gasteiger partial charge in [-0.25, -0.2) is 0 Å². The molecule has 1 saturated carbocycles. The first-order valence-corrected chi connectivity index (χ1v) is 14.4. The van der Waals surface area contributed by atoms with Gasteiger partial charge in [-0.15, -0.1) is 0 Å². The summed E-state index contributed by atoms with van der Waals surface area (Å²) in [5, 5.41) is 8.39. The molecule has 0 bridgehead atoms. The first kappa shape index (κ1) is 33.5. The summed E-state index contributed by atoms with van der Waals surface area (Å²) in [7, 11) is 0. The molecule has 13 N–H and O–H groups in total. The summed E-state index contributed by atoms with van der Waals surface area (Å²) in [6.45, 7) is 1.15. The fraction of sp³-hybridized carbons (Fsp3) is 0.607. The van der Waals surface area contributed by atoms with Gasteiger partial charge in [0.2, 0.25) is 23.6 Å². The van der Waals surface area contributed by atoms with Crippen molar-refractivity contribution >= 4 is 29.6 Å². The third kappa shape index (κ3) is 11.0. The second kappa shape index (κ2) is 17.2. The van der Waals surface area contributed by atoms with Gasteiger partial charge in [0.1, 0.15) is 18.1 Å². The van der Waals surface area contributed by atoms with E-state index in [4.69, 9.17) is 28.7 Å². The Labute approximate surface area is 241 Å². The van der Waals surface area contributed by atoms with Crippen molar-refractivity contribution in [2.24, 2.45) is 33.7 Å². The maximum atomic E-state index is 13.5. The summed E-state index contributed by atoms with van der Waals surface area (Å²) in [6.07, 6.45) is 5.21. The van der Waals surface area contributed by atoms with Crippen LogP contribution >= 0.6 is 0 Å². The number of benzene rings is 1. The van der Waals surface area contributed by atoms with Crippen LogP contribution in [-0.2, 0) is 24.6 Å². The van der Waals surface area contributed by atoms with E-state index >= 15 is 0 Å². The van der Waals surface area contributed by atoms with Gasteiger partial charge in [-0.1, -0.05) is 30.3 Å². The topological polar surface area (TPSA) is 247 Å². The Morgan fingerprint density at radius 3 is 1.73 bits per heavy atom. The summed E-state index contributed by atoms with van der Waals surface area (Å²) in [5.74, 6) is -2.02. The molecular formula is C28H47N9O4. The second-order valence-electron chi connectivity index (χ2n) is 10.5. The number of carbonyl (C=O) groups excluding carboxylic acids is 4. The fourth-order valence-electron chi connectivity index (χ4n) is 4.68. The molecule has 0 saturated heterocycles. The van der Waals surface area contributed by atoms with Gasteiger partial charge in [0, 0.05) is 6.54 Å². The third-order valence-corrected chi connectivity index (χ3v) is 7.26. The summed E-state index contributed by atoms with van der Waals surface area (Å²) in [5.41, 5.74) is 27.7. The van der Waals surface area contributed by atoms with Crippen LogP contribution < -0.4 is 44.6 Å². The molecule has 13 heteroatoms. The minimum Gasteiger partial charge on any atom is -0.370 e. The minimum absolute atomic E-state index is 0.0724. The van der Waals surface area contributed by atoms with Crippen LogP contribution in [-0.4, -0.2) is 67.3 Å². The number of aliphatic imine (C=N–C) groups is 1. The molecule has 4 amide bonds. The number of rotatable bonds is 20. The van der Waals surface area contributed by atoms with Crippen LogP contribution in [0.5, 0.6) is 0 Å². The Hall–Kier alpha value is -3.71. The van der Waals surface area contributed by atoms with Crippen LogP contribution in [0.3, 0.4) is 0 Å². The van der Waals surface area contributed by atoms with E-state index in [1.807, 2.05) is 30.3 Å². The number of guanidine groups is 1. The smallest absolute Gasteiger partial charge is 0.243 e. The van der Waals surface area contributed by atoms with Crippen LogP contribution in [0.25, 0.3) is 0 Å². The Morgan fingerprint density at radius 2 is 1.24 bits per heavy atom. The lowest BCUT2D eigenvalue weighted by Crippen LogP contribution is -2.57. The maximum absolute atomic E-state index is 13.5. The average Bonchev–Trinajstić information content (AvgIpc) is 3.76. The number of nitrogens with one attached hydrogen (secondary N) is 3. The molecule has 2 rings (SSSR count). The van der Waals surface area contributed by atoms with Gasteiger partial charge in [-0.2, -0.15) is 0 Å². The summed E-state index contributed by atoms with van der Waals surface area (Å²) < 4.78 is 0. The molecule has 228 valence electrons. The minimum atomic E-state index is -0.966. The molecule has 1 aliphatic carbocycles. The first-order chi connectivity index (χ1) is 19.6. The van der Waals surface area contributed by atoms with E-state index in [-0.39, 0.29) is 24.8 Å². The van der Waals surface area contributed by atoms with Crippen LogP contribution in [0.15, 0.2) is 35.3 Å². The highest BCUT2D eigenvalue weighted by Gasteiger charge is 2.51. The fourth-order valence-corrected chi connectivity index (χ4v) is 4.68. The van der Waals surface area contributed by atoms with Crippen LogP contribution in [0.1, 0.15) is 69.8 Å². The van der Waals surface area contributed by atoms with Gasteiger partial charge in [-0.3, -0.25) is 24.2 Å². The molecule has 0 spiro atoms. The van der Waals surface area contributed by atoms with E-state index in [0.29, 0.717) is 70.9 Å². The predicted octanol–water partition coefficient (Wildman–Crippen LogP) is -1.03. The van der Waals surface area contributed by atoms with Gasteiger partial charge in [-0.05, 0) is 82.9 Å². The molecule has 1 aromatic rings. The van der Waals surface area contributed by atoms with Gasteiger partial charge < -0.3 is 44.6 Å². The molecular weight excluding hydrogens is 526 g/mol. The zero-order chi connectivity index (χ0) is 30.3. The van der Waals surface area contributed by atoms with Gasteiger partial charge in [0.05, 0.1) is 5.41 Å². The number of unbranched alkanes of at least 4 members (excludes halogenated alkanes) is 2. The highest BCUT2D eigenvalue weighted by atomic mass is 16.2. The number of carbonyl (C=O) groups is 4. The monoisotopic (exact) mass is 573 g/mol. The van der Waals surface area contributed by atoms with Gasteiger partial charge in [0.15, 0.2) is 5.96 Å². The Bertz CT molecular complexity index is 1030. The Kier molecular flexibility index (Phi) is 14.0. The predicted molar refractivity (Wildman–Crippen MR) is 158 cm³/mol. The van der Waals surface area contributed by atoms with Crippen LogP contribution in [0.2, 0.25) is 0 Å². The number of hydrogen-bond donors (Lipinski definition) is 8. The number of hydrogen-bond acceptors (Lipinski definition) is 7. The number of primary amides is 1. The van der Waals surface area contributed by atoms with Crippen molar-refractivity contribution in [1.29, 1.82) is 0 Å². The van der Waals surface area contributed by atoms with E-state index in [9.17, 15) is 19.2 Å². The lowest BCUT2D eigenvalue weighted by molar-refractivity contribution is -0.134. The van der Waals surface area contributed by atoms with Crippen molar-refractivity contribution in [3.8, 4) is 0 Å². The number of nitrogens with zero attached hydrogens (tertiary/aromatic N) is 1. The van der Waals surface area contributed by atoms with Gasteiger partial charge in [0.25, 0.3) is 0 Å². The van der Waals surface area contributed by atoms with Crippen molar-refractivity contribution < 1.29 is 19.2 Å². The average molecular weight is 574 g/mol. The SMILES string of the molecule is NCCCC[C@H](NC(=O)[C@H](CCCCN)NC(=O)C1(c2ccccc2)CC1)C(=O)N[C@@H](CCCN=C(N)N)C(N)=O. The van der Waals surface area contributed by atoms with Gasteiger partial charge >= 0.3 is 0 Å². The van der Waals surface area contributed by atoms with E-state index in [2.05, 4.69) is 20.9 Å². The number of nitrogens with two attached hydrogens (primary N) is 5. The summed E-state index contributed by atoms with van der Waals surface area (Å²) in [6, 6.07) is 6.73. The first-order valence-electron chi connectivity index (χ1n) is 14.4. The molecule has 1 aliphatic rings. The molecule has 1 fully saturated rings.